The van der Waals surface area contributed by atoms with Crippen LogP contribution < -0.4 is 5.32 Å². The molecule has 4 nitrogen and oxygen atoms in total. The molecule has 2 N–H and O–H groups in total. The second-order valence-electron chi connectivity index (χ2n) is 4.66. The molecule has 3 atom stereocenters. The van der Waals surface area contributed by atoms with Gasteiger partial charge in [-0.3, -0.25) is 4.90 Å². The van der Waals surface area contributed by atoms with Crippen LogP contribution in [0.2, 0.25) is 0 Å². The normalized spacial score (nSPS) is 28.2. The highest BCUT2D eigenvalue weighted by molar-refractivity contribution is 8.00. The van der Waals surface area contributed by atoms with Gasteiger partial charge in [-0.05, 0) is 6.92 Å². The summed E-state index contributed by atoms with van der Waals surface area (Å²) in [5.41, 5.74) is 0. The van der Waals surface area contributed by atoms with Gasteiger partial charge >= 0.3 is 0 Å². The highest BCUT2D eigenvalue weighted by atomic mass is 32.2. The van der Waals surface area contributed by atoms with Crippen molar-refractivity contribution >= 4 is 11.8 Å². The number of nitrogens with zero attached hydrogens (tertiary/aromatic N) is 1. The first kappa shape index (κ1) is 15.2. The van der Waals surface area contributed by atoms with Gasteiger partial charge in [0.05, 0.1) is 12.7 Å². The molecule has 0 aromatic rings. The number of ether oxygens (including phenoxy) is 1. The lowest BCUT2D eigenvalue weighted by molar-refractivity contribution is 0.0902. The van der Waals surface area contributed by atoms with Gasteiger partial charge in [0, 0.05) is 50.3 Å². The maximum Gasteiger partial charge on any atom is 0.0791 e. The van der Waals surface area contributed by atoms with E-state index < -0.39 is 0 Å². The molecule has 5 heteroatoms. The Bertz CT molecular complexity index is 207. The van der Waals surface area contributed by atoms with E-state index in [9.17, 15) is 5.11 Å². The van der Waals surface area contributed by atoms with Gasteiger partial charge < -0.3 is 15.2 Å². The molecule has 1 aliphatic rings. The van der Waals surface area contributed by atoms with Crippen LogP contribution in [0.25, 0.3) is 0 Å². The third-order valence-electron chi connectivity index (χ3n) is 3.32. The highest BCUT2D eigenvalue weighted by Gasteiger charge is 2.26. The van der Waals surface area contributed by atoms with Crippen molar-refractivity contribution in [1.82, 2.24) is 10.2 Å². The first-order valence-electron chi connectivity index (χ1n) is 6.38. The molecule has 0 saturated carbocycles. The highest BCUT2D eigenvalue weighted by Crippen LogP contribution is 2.23. The number of hydrogen-bond donors (Lipinski definition) is 2. The molecule has 17 heavy (non-hydrogen) atoms. The summed E-state index contributed by atoms with van der Waals surface area (Å²) < 4.78 is 4.95. The monoisotopic (exact) mass is 262 g/mol. The second-order valence-corrected chi connectivity index (χ2v) is 6.15. The van der Waals surface area contributed by atoms with Crippen molar-refractivity contribution in [3.05, 3.63) is 0 Å². The first-order chi connectivity index (χ1) is 8.15. The van der Waals surface area contributed by atoms with Gasteiger partial charge in [0.1, 0.15) is 0 Å². The fourth-order valence-electron chi connectivity index (χ4n) is 2.03. The van der Waals surface area contributed by atoms with Crippen LogP contribution in [-0.4, -0.2) is 73.1 Å². The fourth-order valence-corrected chi connectivity index (χ4v) is 3.19. The number of aliphatic hydroxyl groups excluding tert-OH is 1. The van der Waals surface area contributed by atoms with Crippen LogP contribution in [0.15, 0.2) is 0 Å². The summed E-state index contributed by atoms with van der Waals surface area (Å²) in [6, 6.07) is 0.558. The summed E-state index contributed by atoms with van der Waals surface area (Å²) in [7, 11) is 1.69. The zero-order chi connectivity index (χ0) is 12.7. The number of nitrogens with one attached hydrogen (secondary N) is 1. The number of rotatable bonds is 7. The van der Waals surface area contributed by atoms with Gasteiger partial charge in [-0.2, -0.15) is 11.8 Å². The maximum absolute atomic E-state index is 9.95. The summed E-state index contributed by atoms with van der Waals surface area (Å²) in [6.45, 7) is 8.52. The van der Waals surface area contributed by atoms with Crippen LogP contribution >= 0.6 is 11.8 Å². The van der Waals surface area contributed by atoms with Crippen LogP contribution in [0.4, 0.5) is 0 Å². The van der Waals surface area contributed by atoms with E-state index in [0.717, 1.165) is 19.6 Å². The average Bonchev–Trinajstić information content (AvgIpc) is 2.31. The van der Waals surface area contributed by atoms with Crippen molar-refractivity contribution in [2.45, 2.75) is 31.2 Å². The molecule has 1 saturated heterocycles. The van der Waals surface area contributed by atoms with Crippen molar-refractivity contribution < 1.29 is 9.84 Å². The molecule has 102 valence electrons. The van der Waals surface area contributed by atoms with Crippen LogP contribution in [-0.2, 0) is 4.74 Å². The smallest absolute Gasteiger partial charge is 0.0791 e. The summed E-state index contributed by atoms with van der Waals surface area (Å²) in [5.74, 6) is 1.18. The topological polar surface area (TPSA) is 44.7 Å². The Morgan fingerprint density at radius 2 is 2.29 bits per heavy atom. The van der Waals surface area contributed by atoms with Gasteiger partial charge in [-0.15, -0.1) is 0 Å². The van der Waals surface area contributed by atoms with Gasteiger partial charge in [-0.1, -0.05) is 6.92 Å². The van der Waals surface area contributed by atoms with Gasteiger partial charge in [0.25, 0.3) is 0 Å². The largest absolute Gasteiger partial charge is 0.390 e. The van der Waals surface area contributed by atoms with Crippen LogP contribution in [0.5, 0.6) is 0 Å². The van der Waals surface area contributed by atoms with E-state index in [0.29, 0.717) is 24.4 Å². The molecular formula is C12H26N2O2S. The van der Waals surface area contributed by atoms with E-state index in [4.69, 9.17) is 4.74 Å². The molecule has 1 rings (SSSR count). The number of hydrogen-bond acceptors (Lipinski definition) is 5. The van der Waals surface area contributed by atoms with Crippen LogP contribution in [0.1, 0.15) is 13.8 Å². The van der Waals surface area contributed by atoms with E-state index in [1.165, 1.54) is 5.75 Å². The lowest BCUT2D eigenvalue weighted by atomic mass is 10.2. The lowest BCUT2D eigenvalue weighted by Crippen LogP contribution is -2.49. The van der Waals surface area contributed by atoms with Gasteiger partial charge in [0.2, 0.25) is 0 Å². The van der Waals surface area contributed by atoms with E-state index in [1.54, 1.807) is 7.11 Å². The number of methoxy groups -OCH3 is 1. The Hall–Kier alpha value is 0.190. The minimum absolute atomic E-state index is 0.287. The van der Waals surface area contributed by atoms with Crippen molar-refractivity contribution in [3.63, 3.8) is 0 Å². The zero-order valence-electron chi connectivity index (χ0n) is 11.2. The minimum Gasteiger partial charge on any atom is -0.390 e. The molecule has 0 spiro atoms. The predicted octanol–water partition coefficient (Wildman–Crippen LogP) is 0.409. The van der Waals surface area contributed by atoms with Crippen LogP contribution in [0, 0.1) is 0 Å². The molecule has 0 aromatic carbocycles. The molecule has 1 aliphatic heterocycles. The Morgan fingerprint density at radius 1 is 1.53 bits per heavy atom. The fraction of sp³-hybridized carbons (Fsp3) is 1.00. The second kappa shape index (κ2) is 8.32. The molecule has 0 bridgehead atoms. The lowest BCUT2D eigenvalue weighted by Gasteiger charge is -2.38. The minimum atomic E-state index is -0.287. The molecule has 0 amide bonds. The summed E-state index contributed by atoms with van der Waals surface area (Å²) in [6.07, 6.45) is -0.287. The van der Waals surface area contributed by atoms with Crippen molar-refractivity contribution in [2.75, 3.05) is 45.6 Å². The van der Waals surface area contributed by atoms with E-state index in [-0.39, 0.29) is 6.10 Å². The van der Waals surface area contributed by atoms with E-state index >= 15 is 0 Å². The Labute approximate surface area is 109 Å². The SMILES string of the molecule is COCCNCC(O)CN1CCSC(C)C1C. The van der Waals surface area contributed by atoms with E-state index in [1.807, 2.05) is 11.8 Å². The average molecular weight is 262 g/mol. The number of thioether (sulfide) groups is 1. The zero-order valence-corrected chi connectivity index (χ0v) is 12.0. The predicted molar refractivity (Wildman–Crippen MR) is 73.7 cm³/mol. The van der Waals surface area contributed by atoms with Crippen molar-refractivity contribution in [1.29, 1.82) is 0 Å². The Morgan fingerprint density at radius 3 is 3.00 bits per heavy atom. The number of β-amino-alcohol motifs (C(OH)–C–C–N with tert-alkyl or cyclic N) is 1. The van der Waals surface area contributed by atoms with Gasteiger partial charge in [-0.25, -0.2) is 0 Å². The van der Waals surface area contributed by atoms with E-state index in [2.05, 4.69) is 24.1 Å². The molecule has 1 fully saturated rings. The maximum atomic E-state index is 9.95. The standard InChI is InChI=1S/C12H26N2O2S/c1-10-11(2)17-7-5-14(10)9-12(15)8-13-4-6-16-3/h10-13,15H,4-9H2,1-3H3. The summed E-state index contributed by atoms with van der Waals surface area (Å²) in [5, 5.41) is 13.8. The Kier molecular flexibility index (Phi) is 7.46. The van der Waals surface area contributed by atoms with Gasteiger partial charge in [0.15, 0.2) is 0 Å². The molecule has 0 aromatic heterocycles. The third kappa shape index (κ3) is 5.57. The third-order valence-corrected chi connectivity index (χ3v) is 4.66. The molecule has 1 heterocycles. The van der Waals surface area contributed by atoms with Crippen LogP contribution in [0.3, 0.4) is 0 Å². The Balaban J connectivity index is 2.18. The summed E-state index contributed by atoms with van der Waals surface area (Å²) >= 11 is 2.03. The van der Waals surface area contributed by atoms with Crippen molar-refractivity contribution in [3.8, 4) is 0 Å². The molecule has 3 unspecified atom stereocenters. The quantitative estimate of drug-likeness (QED) is 0.651. The number of aliphatic hydroxyl groups is 1. The first-order valence-corrected chi connectivity index (χ1v) is 7.43. The molecular weight excluding hydrogens is 236 g/mol. The molecule has 0 radical (unpaired) electrons. The molecule has 0 aliphatic carbocycles. The summed E-state index contributed by atoms with van der Waals surface area (Å²) in [4.78, 5) is 2.39. The van der Waals surface area contributed by atoms with Crippen molar-refractivity contribution in [2.24, 2.45) is 0 Å².